The maximum Gasteiger partial charge on any atom is 0.422 e. The van der Waals surface area contributed by atoms with Gasteiger partial charge < -0.3 is 19.5 Å². The molecule has 0 unspecified atom stereocenters. The van der Waals surface area contributed by atoms with Gasteiger partial charge >= 0.3 is 6.18 Å². The fourth-order valence-electron chi connectivity index (χ4n) is 2.52. The second-order valence-electron chi connectivity index (χ2n) is 6.63. The van der Waals surface area contributed by atoms with Gasteiger partial charge in [-0.3, -0.25) is 4.79 Å². The van der Waals surface area contributed by atoms with Gasteiger partial charge in [-0.2, -0.15) is 13.2 Å². The van der Waals surface area contributed by atoms with Crippen LogP contribution in [0.5, 0.6) is 17.2 Å². The molecule has 0 bridgehead atoms. The molecule has 1 amide bonds. The molecule has 0 aliphatic rings. The predicted octanol–water partition coefficient (Wildman–Crippen LogP) is 4.99. The molecule has 2 aromatic carbocycles. The molecule has 5 nitrogen and oxygen atoms in total. The van der Waals surface area contributed by atoms with Crippen LogP contribution in [0.4, 0.5) is 18.9 Å². The number of nitrogens with one attached hydrogen (secondary N) is 1. The third-order valence-corrected chi connectivity index (χ3v) is 3.77. The van der Waals surface area contributed by atoms with Gasteiger partial charge in [0.1, 0.15) is 5.75 Å². The molecule has 1 N–H and O–H groups in total. The molecule has 0 aliphatic heterocycles. The Morgan fingerprint density at radius 1 is 1.07 bits per heavy atom. The largest absolute Gasteiger partial charge is 0.493 e. The summed E-state index contributed by atoms with van der Waals surface area (Å²) in [5.74, 6) is 0.728. The van der Waals surface area contributed by atoms with Gasteiger partial charge in [-0.1, -0.05) is 6.07 Å². The normalized spacial score (nSPS) is 11.3. The van der Waals surface area contributed by atoms with Crippen molar-refractivity contribution in [1.82, 2.24) is 0 Å². The summed E-state index contributed by atoms with van der Waals surface area (Å²) >= 11 is 0. The summed E-state index contributed by atoms with van der Waals surface area (Å²) in [6.45, 7) is 2.46. The number of methoxy groups -OCH3 is 1. The molecular formula is C21H24F3NO4. The van der Waals surface area contributed by atoms with E-state index in [-0.39, 0.29) is 29.9 Å². The van der Waals surface area contributed by atoms with Crippen molar-refractivity contribution >= 4 is 11.6 Å². The Balaban J connectivity index is 1.89. The van der Waals surface area contributed by atoms with E-state index in [0.717, 1.165) is 11.3 Å². The first-order valence-corrected chi connectivity index (χ1v) is 9.09. The van der Waals surface area contributed by atoms with E-state index in [4.69, 9.17) is 14.2 Å². The molecule has 0 aromatic heterocycles. The maximum atomic E-state index is 12.3. The summed E-state index contributed by atoms with van der Waals surface area (Å²) in [5, 5.41) is 2.79. The SMILES string of the molecule is COc1cc(CCC(=O)Nc2ccc(OC(C)C)cc2)ccc1OCC(F)(F)F. The molecule has 0 saturated carbocycles. The van der Waals surface area contributed by atoms with Crippen LogP contribution in [0.2, 0.25) is 0 Å². The molecule has 0 saturated heterocycles. The molecule has 2 rings (SSSR count). The highest BCUT2D eigenvalue weighted by Crippen LogP contribution is 2.30. The number of rotatable bonds is 9. The molecule has 0 fully saturated rings. The minimum atomic E-state index is -4.43. The first kappa shape index (κ1) is 22.4. The molecule has 29 heavy (non-hydrogen) atoms. The monoisotopic (exact) mass is 411 g/mol. The molecule has 2 aromatic rings. The summed E-state index contributed by atoms with van der Waals surface area (Å²) in [4.78, 5) is 12.2. The summed E-state index contributed by atoms with van der Waals surface area (Å²) in [5.41, 5.74) is 1.40. The van der Waals surface area contributed by atoms with E-state index >= 15 is 0 Å². The quantitative estimate of drug-likeness (QED) is 0.631. The Kier molecular flexibility index (Phi) is 7.75. The van der Waals surface area contributed by atoms with Gasteiger partial charge in [0.25, 0.3) is 0 Å². The second-order valence-corrected chi connectivity index (χ2v) is 6.63. The van der Waals surface area contributed by atoms with E-state index in [1.54, 1.807) is 36.4 Å². The standard InChI is InChI=1S/C21H24F3NO4/c1-14(2)29-17-8-6-16(7-9-17)25-20(26)11-5-15-4-10-18(19(12-15)27-3)28-13-21(22,23)24/h4,6-10,12,14H,5,11,13H2,1-3H3,(H,25,26). The first-order chi connectivity index (χ1) is 13.7. The van der Waals surface area contributed by atoms with Gasteiger partial charge in [0.2, 0.25) is 5.91 Å². The molecule has 0 heterocycles. The van der Waals surface area contributed by atoms with Crippen molar-refractivity contribution < 1.29 is 32.2 Å². The summed E-state index contributed by atoms with van der Waals surface area (Å²) in [6.07, 6.45) is -3.76. The molecule has 0 atom stereocenters. The molecule has 158 valence electrons. The van der Waals surface area contributed by atoms with E-state index in [1.165, 1.54) is 13.2 Å². The van der Waals surface area contributed by atoms with E-state index in [0.29, 0.717) is 12.1 Å². The van der Waals surface area contributed by atoms with E-state index in [1.807, 2.05) is 13.8 Å². The van der Waals surface area contributed by atoms with E-state index in [9.17, 15) is 18.0 Å². The Morgan fingerprint density at radius 3 is 2.34 bits per heavy atom. The maximum absolute atomic E-state index is 12.3. The molecule has 0 aliphatic carbocycles. The number of carbonyl (C=O) groups is 1. The average Bonchev–Trinajstić information content (AvgIpc) is 2.65. The number of ether oxygens (including phenoxy) is 3. The zero-order valence-electron chi connectivity index (χ0n) is 16.5. The Bertz CT molecular complexity index is 805. The van der Waals surface area contributed by atoms with Gasteiger partial charge in [-0.05, 0) is 62.2 Å². The molecular weight excluding hydrogens is 387 g/mol. The second kappa shape index (κ2) is 10.0. The number of aryl methyl sites for hydroxylation is 1. The first-order valence-electron chi connectivity index (χ1n) is 9.09. The number of carbonyl (C=O) groups excluding carboxylic acids is 1. The van der Waals surface area contributed by atoms with Crippen molar-refractivity contribution in [2.45, 2.75) is 39.0 Å². The lowest BCUT2D eigenvalue weighted by Crippen LogP contribution is -2.19. The zero-order chi connectivity index (χ0) is 21.4. The minimum absolute atomic E-state index is 0.00160. The van der Waals surface area contributed by atoms with Crippen LogP contribution in [0.3, 0.4) is 0 Å². The van der Waals surface area contributed by atoms with Crippen molar-refractivity contribution in [3.05, 3.63) is 48.0 Å². The highest BCUT2D eigenvalue weighted by molar-refractivity contribution is 5.90. The average molecular weight is 411 g/mol. The summed E-state index contributed by atoms with van der Waals surface area (Å²) < 4.78 is 52.3. The molecule has 0 spiro atoms. The van der Waals surface area contributed by atoms with Crippen LogP contribution >= 0.6 is 0 Å². The van der Waals surface area contributed by atoms with Crippen LogP contribution in [-0.2, 0) is 11.2 Å². The minimum Gasteiger partial charge on any atom is -0.493 e. The molecule has 8 heteroatoms. The Labute approximate surface area is 167 Å². The van der Waals surface area contributed by atoms with Crippen LogP contribution in [0.25, 0.3) is 0 Å². The summed E-state index contributed by atoms with van der Waals surface area (Å²) in [6, 6.07) is 11.7. The van der Waals surface area contributed by atoms with Crippen molar-refractivity contribution in [3.63, 3.8) is 0 Å². The van der Waals surface area contributed by atoms with Gasteiger partial charge in [-0.15, -0.1) is 0 Å². The summed E-state index contributed by atoms with van der Waals surface area (Å²) in [7, 11) is 1.35. The van der Waals surface area contributed by atoms with Crippen molar-refractivity contribution in [2.75, 3.05) is 19.0 Å². The van der Waals surface area contributed by atoms with Crippen LogP contribution in [-0.4, -0.2) is 31.9 Å². The Morgan fingerprint density at radius 2 is 1.76 bits per heavy atom. The number of anilines is 1. The lowest BCUT2D eigenvalue weighted by atomic mass is 10.1. The number of alkyl halides is 3. The predicted molar refractivity (Wildman–Crippen MR) is 104 cm³/mol. The van der Waals surface area contributed by atoms with Crippen LogP contribution < -0.4 is 19.5 Å². The number of hydrogen-bond donors (Lipinski definition) is 1. The zero-order valence-corrected chi connectivity index (χ0v) is 16.5. The fraction of sp³-hybridized carbons (Fsp3) is 0.381. The van der Waals surface area contributed by atoms with Crippen LogP contribution in [0.1, 0.15) is 25.8 Å². The number of hydrogen-bond acceptors (Lipinski definition) is 4. The fourth-order valence-corrected chi connectivity index (χ4v) is 2.52. The Hall–Kier alpha value is -2.90. The number of benzene rings is 2. The third-order valence-electron chi connectivity index (χ3n) is 3.77. The van der Waals surface area contributed by atoms with Crippen molar-refractivity contribution in [2.24, 2.45) is 0 Å². The topological polar surface area (TPSA) is 56.8 Å². The third kappa shape index (κ3) is 7.93. The lowest BCUT2D eigenvalue weighted by molar-refractivity contribution is -0.153. The smallest absolute Gasteiger partial charge is 0.422 e. The van der Waals surface area contributed by atoms with Crippen molar-refractivity contribution in [3.8, 4) is 17.2 Å². The number of amides is 1. The van der Waals surface area contributed by atoms with Gasteiger partial charge in [0.15, 0.2) is 18.1 Å². The van der Waals surface area contributed by atoms with Crippen LogP contribution in [0.15, 0.2) is 42.5 Å². The van der Waals surface area contributed by atoms with Gasteiger partial charge in [0, 0.05) is 12.1 Å². The highest BCUT2D eigenvalue weighted by atomic mass is 19.4. The van der Waals surface area contributed by atoms with Crippen LogP contribution in [0, 0.1) is 0 Å². The highest BCUT2D eigenvalue weighted by Gasteiger charge is 2.29. The van der Waals surface area contributed by atoms with E-state index < -0.39 is 12.8 Å². The van der Waals surface area contributed by atoms with Gasteiger partial charge in [0.05, 0.1) is 13.2 Å². The molecule has 0 radical (unpaired) electrons. The van der Waals surface area contributed by atoms with Gasteiger partial charge in [-0.25, -0.2) is 0 Å². The lowest BCUT2D eigenvalue weighted by Gasteiger charge is -2.13. The van der Waals surface area contributed by atoms with Crippen molar-refractivity contribution in [1.29, 1.82) is 0 Å². The van der Waals surface area contributed by atoms with E-state index in [2.05, 4.69) is 5.32 Å². The number of halogens is 3.